The van der Waals surface area contributed by atoms with Crippen LogP contribution in [0.3, 0.4) is 0 Å². The van der Waals surface area contributed by atoms with E-state index < -0.39 is 17.8 Å². The van der Waals surface area contributed by atoms with E-state index in [2.05, 4.69) is 30.8 Å². The topological polar surface area (TPSA) is 88.7 Å². The third kappa shape index (κ3) is 4.07. The molecule has 1 aliphatic rings. The minimum atomic E-state index is -4.55. The van der Waals surface area contributed by atoms with Gasteiger partial charge in [0.2, 0.25) is 5.76 Å². The lowest BCUT2D eigenvalue weighted by Crippen LogP contribution is -2.38. The summed E-state index contributed by atoms with van der Waals surface area (Å²) in [7, 11) is 0. The molecule has 1 N–H and O–H groups in total. The van der Waals surface area contributed by atoms with Crippen LogP contribution in [0.1, 0.15) is 29.1 Å². The molecule has 0 radical (unpaired) electrons. The van der Waals surface area contributed by atoms with Gasteiger partial charge in [0.15, 0.2) is 5.69 Å². The molecule has 3 aromatic rings. The lowest BCUT2D eigenvalue weighted by atomic mass is 10.1. The Balaban J connectivity index is 1.45. The summed E-state index contributed by atoms with van der Waals surface area (Å²) < 4.78 is 49.9. The predicted molar refractivity (Wildman–Crippen MR) is 104 cm³/mol. The van der Waals surface area contributed by atoms with Gasteiger partial charge in [0.25, 0.3) is 0 Å². The highest BCUT2D eigenvalue weighted by Crippen LogP contribution is 2.37. The molecule has 158 valence electrons. The van der Waals surface area contributed by atoms with E-state index in [1.165, 1.54) is 6.07 Å². The molecule has 0 spiro atoms. The highest BCUT2D eigenvalue weighted by atomic mass is 79.9. The molecule has 30 heavy (non-hydrogen) atoms. The number of piperidine rings is 1. The molecule has 1 fully saturated rings. The highest BCUT2D eigenvalue weighted by Gasteiger charge is 2.33. The number of rotatable bonds is 4. The molecule has 0 unspecified atom stereocenters. The molecule has 2 aromatic heterocycles. The van der Waals surface area contributed by atoms with Gasteiger partial charge >= 0.3 is 18.2 Å². The fraction of sp³-hybridized carbons (Fsp3) is 0.316. The largest absolute Gasteiger partial charge is 0.475 e. The van der Waals surface area contributed by atoms with Crippen molar-refractivity contribution in [3.05, 3.63) is 46.4 Å². The second kappa shape index (κ2) is 7.78. The molecule has 0 atom stereocenters. The van der Waals surface area contributed by atoms with Crippen LogP contribution < -0.4 is 9.64 Å². The number of benzene rings is 1. The summed E-state index contributed by atoms with van der Waals surface area (Å²) in [5.74, 6) is -1.29. The molecule has 3 heterocycles. The predicted octanol–water partition coefficient (Wildman–Crippen LogP) is 4.75. The fourth-order valence-corrected chi connectivity index (χ4v) is 4.03. The van der Waals surface area contributed by atoms with E-state index in [0.29, 0.717) is 36.9 Å². The molecule has 7 nitrogen and oxygen atoms in total. The van der Waals surface area contributed by atoms with Crippen LogP contribution in [0, 0.1) is 0 Å². The first kappa shape index (κ1) is 20.5. The smallest absolute Gasteiger partial charge is 0.433 e. The number of carbonyl (C=O) groups is 1. The van der Waals surface area contributed by atoms with Gasteiger partial charge in [-0.15, -0.1) is 0 Å². The van der Waals surface area contributed by atoms with Crippen LogP contribution >= 0.6 is 15.9 Å². The van der Waals surface area contributed by atoms with Crippen molar-refractivity contribution in [3.63, 3.8) is 0 Å². The Hall–Kier alpha value is -2.82. The lowest BCUT2D eigenvalue weighted by molar-refractivity contribution is -0.141. The number of nitrogens with zero attached hydrogens (tertiary/aromatic N) is 3. The second-order valence-electron chi connectivity index (χ2n) is 6.75. The maximum absolute atomic E-state index is 12.8. The van der Waals surface area contributed by atoms with Crippen molar-refractivity contribution in [2.45, 2.75) is 25.1 Å². The number of carboxylic acid groups (broad SMARTS) is 1. The van der Waals surface area contributed by atoms with Gasteiger partial charge in [0.05, 0.1) is 10.2 Å². The number of ether oxygens (including phenoxy) is 1. The second-order valence-corrected chi connectivity index (χ2v) is 7.55. The number of hydrogen-bond acceptors (Lipinski definition) is 6. The van der Waals surface area contributed by atoms with Crippen LogP contribution in [-0.2, 0) is 6.18 Å². The van der Waals surface area contributed by atoms with Gasteiger partial charge in [0.1, 0.15) is 11.7 Å². The quantitative estimate of drug-likeness (QED) is 0.570. The van der Waals surface area contributed by atoms with Crippen LogP contribution in [0.2, 0.25) is 0 Å². The molecular weight excluding hydrogens is 471 g/mol. The summed E-state index contributed by atoms with van der Waals surface area (Å²) in [6.45, 7) is 1.19. The summed E-state index contributed by atoms with van der Waals surface area (Å²) in [6, 6.07) is 5.52. The summed E-state index contributed by atoms with van der Waals surface area (Å²) in [5, 5.41) is 9.75. The molecule has 1 aliphatic heterocycles. The number of carboxylic acids is 1. The Bertz CT molecular complexity index is 1090. The highest BCUT2D eigenvalue weighted by molar-refractivity contribution is 9.10. The minimum absolute atomic E-state index is 0.143. The van der Waals surface area contributed by atoms with Crippen LogP contribution in [0.25, 0.3) is 11.0 Å². The average Bonchev–Trinajstić information content (AvgIpc) is 3.14. The Morgan fingerprint density at radius 2 is 2.00 bits per heavy atom. The van der Waals surface area contributed by atoms with E-state index in [9.17, 15) is 18.0 Å². The number of aromatic nitrogens is 2. The van der Waals surface area contributed by atoms with Gasteiger partial charge in [-0.1, -0.05) is 0 Å². The van der Waals surface area contributed by atoms with Crippen LogP contribution in [0.4, 0.5) is 18.9 Å². The monoisotopic (exact) mass is 485 g/mol. The van der Waals surface area contributed by atoms with Crippen LogP contribution in [-0.4, -0.2) is 40.2 Å². The van der Waals surface area contributed by atoms with Gasteiger partial charge < -0.3 is 19.2 Å². The van der Waals surface area contributed by atoms with Gasteiger partial charge in [-0.3, -0.25) is 0 Å². The van der Waals surface area contributed by atoms with Gasteiger partial charge in [-0.05, 0) is 34.1 Å². The van der Waals surface area contributed by atoms with Crippen LogP contribution in [0.5, 0.6) is 6.01 Å². The SMILES string of the molecule is O=C(O)c1cc2c(Br)c(N3CCC(Oc4nccc(C(F)(F)F)n4)CC3)ccc2o1. The zero-order valence-electron chi connectivity index (χ0n) is 15.3. The summed E-state index contributed by atoms with van der Waals surface area (Å²) in [4.78, 5) is 20.4. The number of alkyl halides is 3. The summed E-state index contributed by atoms with van der Waals surface area (Å²) in [6.07, 6.45) is -2.70. The van der Waals surface area contributed by atoms with Crippen LogP contribution in [0.15, 0.2) is 39.4 Å². The molecule has 11 heteroatoms. The number of aromatic carboxylic acids is 1. The third-order valence-electron chi connectivity index (χ3n) is 4.80. The normalized spacial score (nSPS) is 15.5. The van der Waals surface area contributed by atoms with E-state index >= 15 is 0 Å². The fourth-order valence-electron chi connectivity index (χ4n) is 3.33. The van der Waals surface area contributed by atoms with Crippen molar-refractivity contribution in [3.8, 4) is 6.01 Å². The van der Waals surface area contributed by atoms with E-state index in [1.54, 1.807) is 6.07 Å². The maximum atomic E-state index is 12.8. The molecule has 0 bridgehead atoms. The van der Waals surface area contributed by atoms with Gasteiger partial charge in [0, 0.05) is 43.6 Å². The zero-order valence-corrected chi connectivity index (χ0v) is 16.9. The van der Waals surface area contributed by atoms with Crippen molar-refractivity contribution in [1.29, 1.82) is 0 Å². The first-order valence-corrected chi connectivity index (χ1v) is 9.79. The Labute approximate surface area is 176 Å². The number of hydrogen-bond donors (Lipinski definition) is 1. The number of anilines is 1. The first-order valence-electron chi connectivity index (χ1n) is 8.99. The average molecular weight is 486 g/mol. The van der Waals surface area contributed by atoms with Crippen molar-refractivity contribution in [2.24, 2.45) is 0 Å². The molecule has 1 aromatic carbocycles. The summed E-state index contributed by atoms with van der Waals surface area (Å²) >= 11 is 3.52. The van der Waals surface area contributed by atoms with E-state index in [-0.39, 0.29) is 17.9 Å². The Morgan fingerprint density at radius 1 is 1.27 bits per heavy atom. The molecule has 0 amide bonds. The molecule has 0 saturated carbocycles. The van der Waals surface area contributed by atoms with Crippen molar-refractivity contribution in [2.75, 3.05) is 18.0 Å². The number of furan rings is 1. The molecule has 4 rings (SSSR count). The minimum Gasteiger partial charge on any atom is -0.475 e. The molecule has 0 aliphatic carbocycles. The molecular formula is C19H15BrF3N3O4. The number of halogens is 4. The van der Waals surface area contributed by atoms with E-state index in [0.717, 1.165) is 22.4 Å². The lowest BCUT2D eigenvalue weighted by Gasteiger charge is -2.33. The maximum Gasteiger partial charge on any atom is 0.433 e. The van der Waals surface area contributed by atoms with Crippen molar-refractivity contribution >= 4 is 38.6 Å². The first-order chi connectivity index (χ1) is 14.2. The number of fused-ring (bicyclic) bond motifs is 1. The molecule has 1 saturated heterocycles. The van der Waals surface area contributed by atoms with Gasteiger partial charge in [-0.25, -0.2) is 9.78 Å². The van der Waals surface area contributed by atoms with Gasteiger partial charge in [-0.2, -0.15) is 18.2 Å². The zero-order chi connectivity index (χ0) is 21.5. The summed E-state index contributed by atoms with van der Waals surface area (Å²) in [5.41, 5.74) is 0.292. The standard InChI is InChI=1S/C19H15BrF3N3O4/c20-16-11-9-14(17(27)28)30-13(11)2-1-12(16)26-7-4-10(5-8-26)29-18-24-6-3-15(25-18)19(21,22)23/h1-3,6,9-10H,4-5,7-8H2,(H,27,28). The Morgan fingerprint density at radius 3 is 2.67 bits per heavy atom. The van der Waals surface area contributed by atoms with Crippen molar-refractivity contribution < 1.29 is 32.2 Å². The third-order valence-corrected chi connectivity index (χ3v) is 5.64. The van der Waals surface area contributed by atoms with E-state index in [4.69, 9.17) is 14.3 Å². The van der Waals surface area contributed by atoms with E-state index in [1.807, 2.05) is 6.07 Å². The Kier molecular flexibility index (Phi) is 5.31. The van der Waals surface area contributed by atoms with Crippen molar-refractivity contribution in [1.82, 2.24) is 9.97 Å².